The third-order valence-corrected chi connectivity index (χ3v) is 2.65. The summed E-state index contributed by atoms with van der Waals surface area (Å²) in [5, 5.41) is 0. The first-order valence-corrected chi connectivity index (χ1v) is 6.01. The molecule has 0 amide bonds. The van der Waals surface area contributed by atoms with Crippen molar-refractivity contribution in [3.8, 4) is 22.8 Å². The van der Waals surface area contributed by atoms with Gasteiger partial charge in [-0.15, -0.1) is 0 Å². The minimum atomic E-state index is 0.521. The lowest BCUT2D eigenvalue weighted by molar-refractivity contribution is 0.112. The Labute approximate surface area is 112 Å². The summed E-state index contributed by atoms with van der Waals surface area (Å²) in [6, 6.07) is 9.09. The number of methoxy groups -OCH3 is 1. The number of pyridine rings is 1. The van der Waals surface area contributed by atoms with E-state index in [1.165, 1.54) is 0 Å². The highest BCUT2D eigenvalue weighted by molar-refractivity contribution is 5.81. The van der Waals surface area contributed by atoms with Crippen molar-refractivity contribution in [2.24, 2.45) is 0 Å². The van der Waals surface area contributed by atoms with Crippen molar-refractivity contribution in [3.63, 3.8) is 0 Å². The van der Waals surface area contributed by atoms with Gasteiger partial charge < -0.3 is 9.47 Å². The van der Waals surface area contributed by atoms with Gasteiger partial charge in [-0.3, -0.25) is 4.79 Å². The molecule has 0 spiro atoms. The average Bonchev–Trinajstić information content (AvgIpc) is 2.47. The second kappa shape index (κ2) is 6.00. The van der Waals surface area contributed by atoms with Gasteiger partial charge in [-0.05, 0) is 42.8 Å². The van der Waals surface area contributed by atoms with E-state index < -0.39 is 0 Å². The molecule has 0 saturated heterocycles. The summed E-state index contributed by atoms with van der Waals surface area (Å²) in [5.74, 6) is 1.18. The summed E-state index contributed by atoms with van der Waals surface area (Å²) in [4.78, 5) is 15.2. The zero-order valence-electron chi connectivity index (χ0n) is 10.9. The van der Waals surface area contributed by atoms with Crippen molar-refractivity contribution in [1.82, 2.24) is 4.98 Å². The molecule has 1 heterocycles. The summed E-state index contributed by atoms with van der Waals surface area (Å²) in [6.45, 7) is 2.45. The number of carbonyl (C=O) groups is 1. The predicted molar refractivity (Wildman–Crippen MR) is 72.8 cm³/mol. The maximum Gasteiger partial charge on any atom is 0.221 e. The van der Waals surface area contributed by atoms with Gasteiger partial charge in [-0.2, -0.15) is 0 Å². The molecule has 0 saturated carbocycles. The zero-order valence-corrected chi connectivity index (χ0v) is 10.9. The molecule has 1 aromatic carbocycles. The number of benzene rings is 1. The van der Waals surface area contributed by atoms with Crippen LogP contribution in [-0.4, -0.2) is 25.0 Å². The molecule has 0 fully saturated rings. The van der Waals surface area contributed by atoms with Crippen LogP contribution in [0.15, 0.2) is 36.5 Å². The molecule has 0 unspecified atom stereocenters. The molecule has 2 aromatic rings. The first kappa shape index (κ1) is 13.1. The second-order valence-electron chi connectivity index (χ2n) is 3.90. The molecule has 4 nitrogen and oxygen atoms in total. The molecular weight excluding hydrogens is 242 g/mol. The van der Waals surface area contributed by atoms with Crippen molar-refractivity contribution in [2.75, 3.05) is 13.7 Å². The van der Waals surface area contributed by atoms with Crippen LogP contribution in [0.4, 0.5) is 0 Å². The van der Waals surface area contributed by atoms with Crippen LogP contribution in [-0.2, 0) is 0 Å². The van der Waals surface area contributed by atoms with E-state index in [-0.39, 0.29) is 0 Å². The molecule has 0 bridgehead atoms. The SMILES string of the molecule is CCOc1cc(C=O)cc(-c2cccnc2OC)c1. The zero-order chi connectivity index (χ0) is 13.7. The van der Waals surface area contributed by atoms with Crippen LogP contribution in [0.2, 0.25) is 0 Å². The van der Waals surface area contributed by atoms with E-state index in [9.17, 15) is 4.79 Å². The van der Waals surface area contributed by atoms with Crippen molar-refractivity contribution >= 4 is 6.29 Å². The Morgan fingerprint density at radius 3 is 2.84 bits per heavy atom. The van der Waals surface area contributed by atoms with Gasteiger partial charge >= 0.3 is 0 Å². The monoisotopic (exact) mass is 257 g/mol. The Balaban J connectivity index is 2.54. The highest BCUT2D eigenvalue weighted by Crippen LogP contribution is 2.31. The number of rotatable bonds is 5. The van der Waals surface area contributed by atoms with E-state index in [1.54, 1.807) is 25.4 Å². The number of hydrogen-bond acceptors (Lipinski definition) is 4. The third kappa shape index (κ3) is 2.91. The van der Waals surface area contributed by atoms with Crippen molar-refractivity contribution < 1.29 is 14.3 Å². The van der Waals surface area contributed by atoms with E-state index in [0.29, 0.717) is 23.8 Å². The van der Waals surface area contributed by atoms with E-state index in [0.717, 1.165) is 17.4 Å². The quantitative estimate of drug-likeness (QED) is 0.773. The van der Waals surface area contributed by atoms with Crippen molar-refractivity contribution in [3.05, 3.63) is 42.1 Å². The number of nitrogens with zero attached hydrogens (tertiary/aromatic N) is 1. The molecule has 4 heteroatoms. The predicted octanol–water partition coefficient (Wildman–Crippen LogP) is 2.97. The number of aldehydes is 1. The Hall–Kier alpha value is -2.36. The molecule has 1 aromatic heterocycles. The number of aromatic nitrogens is 1. The summed E-state index contributed by atoms with van der Waals surface area (Å²) in [6.07, 6.45) is 2.46. The lowest BCUT2D eigenvalue weighted by atomic mass is 10.0. The normalized spacial score (nSPS) is 10.0. The first-order valence-electron chi connectivity index (χ1n) is 6.01. The topological polar surface area (TPSA) is 48.4 Å². The molecule has 2 rings (SSSR count). The van der Waals surface area contributed by atoms with Gasteiger partial charge in [-0.25, -0.2) is 4.98 Å². The van der Waals surface area contributed by atoms with Gasteiger partial charge in [0.2, 0.25) is 5.88 Å². The van der Waals surface area contributed by atoms with Crippen LogP contribution in [0.3, 0.4) is 0 Å². The van der Waals surface area contributed by atoms with E-state index in [1.807, 2.05) is 25.1 Å². The molecule has 0 radical (unpaired) electrons. The van der Waals surface area contributed by atoms with Gasteiger partial charge in [-0.1, -0.05) is 0 Å². The molecular formula is C15H15NO3. The fourth-order valence-corrected chi connectivity index (χ4v) is 1.87. The van der Waals surface area contributed by atoms with E-state index in [4.69, 9.17) is 9.47 Å². The Bertz CT molecular complexity index is 581. The van der Waals surface area contributed by atoms with E-state index in [2.05, 4.69) is 4.98 Å². The summed E-state index contributed by atoms with van der Waals surface area (Å²) in [5.41, 5.74) is 2.24. The van der Waals surface area contributed by atoms with Crippen molar-refractivity contribution in [1.29, 1.82) is 0 Å². The van der Waals surface area contributed by atoms with Gasteiger partial charge in [0.25, 0.3) is 0 Å². The highest BCUT2D eigenvalue weighted by atomic mass is 16.5. The van der Waals surface area contributed by atoms with Gasteiger partial charge in [0.1, 0.15) is 12.0 Å². The lowest BCUT2D eigenvalue weighted by Gasteiger charge is -2.10. The molecule has 0 N–H and O–H groups in total. The van der Waals surface area contributed by atoms with Crippen LogP contribution in [0.1, 0.15) is 17.3 Å². The van der Waals surface area contributed by atoms with Crippen LogP contribution in [0.25, 0.3) is 11.1 Å². The molecule has 0 aliphatic heterocycles. The van der Waals surface area contributed by atoms with E-state index >= 15 is 0 Å². The summed E-state index contributed by atoms with van der Waals surface area (Å²) in [7, 11) is 1.57. The maximum absolute atomic E-state index is 11.0. The number of carbonyl (C=O) groups excluding carboxylic acids is 1. The largest absolute Gasteiger partial charge is 0.494 e. The van der Waals surface area contributed by atoms with Gasteiger partial charge in [0.05, 0.1) is 13.7 Å². The molecule has 0 aliphatic carbocycles. The molecule has 19 heavy (non-hydrogen) atoms. The van der Waals surface area contributed by atoms with Gasteiger partial charge in [0.15, 0.2) is 0 Å². The minimum absolute atomic E-state index is 0.521. The standard InChI is InChI=1S/C15H15NO3/c1-3-19-13-8-11(10-17)7-12(9-13)14-5-4-6-16-15(14)18-2/h4-10H,3H2,1-2H3. The smallest absolute Gasteiger partial charge is 0.221 e. The van der Waals surface area contributed by atoms with Crippen LogP contribution in [0, 0.1) is 0 Å². The van der Waals surface area contributed by atoms with Crippen LogP contribution in [0.5, 0.6) is 11.6 Å². The molecule has 98 valence electrons. The first-order chi connectivity index (χ1) is 9.28. The molecule has 0 atom stereocenters. The average molecular weight is 257 g/mol. The minimum Gasteiger partial charge on any atom is -0.494 e. The molecule has 0 aliphatic rings. The maximum atomic E-state index is 11.0. The second-order valence-corrected chi connectivity index (χ2v) is 3.90. The van der Waals surface area contributed by atoms with Crippen LogP contribution >= 0.6 is 0 Å². The fourth-order valence-electron chi connectivity index (χ4n) is 1.87. The van der Waals surface area contributed by atoms with Gasteiger partial charge in [0, 0.05) is 17.3 Å². The highest BCUT2D eigenvalue weighted by Gasteiger charge is 2.09. The fraction of sp³-hybridized carbons (Fsp3) is 0.200. The number of ether oxygens (including phenoxy) is 2. The van der Waals surface area contributed by atoms with Crippen LogP contribution < -0.4 is 9.47 Å². The lowest BCUT2D eigenvalue weighted by Crippen LogP contribution is -1.95. The number of hydrogen-bond donors (Lipinski definition) is 0. The third-order valence-electron chi connectivity index (χ3n) is 2.65. The van der Waals surface area contributed by atoms with Crippen molar-refractivity contribution in [2.45, 2.75) is 6.92 Å². The summed E-state index contributed by atoms with van der Waals surface area (Å²) >= 11 is 0. The Kier molecular flexibility index (Phi) is 4.13. The Morgan fingerprint density at radius 2 is 2.16 bits per heavy atom. The summed E-state index contributed by atoms with van der Waals surface area (Å²) < 4.78 is 10.7. The Morgan fingerprint density at radius 1 is 1.32 bits per heavy atom.